The molecule has 120 valence electrons. The fourth-order valence-electron chi connectivity index (χ4n) is 1.87. The number of anilines is 1. The van der Waals surface area contributed by atoms with Gasteiger partial charge in [0.05, 0.1) is 7.11 Å². The van der Waals surface area contributed by atoms with E-state index in [9.17, 15) is 8.42 Å². The molecule has 0 saturated carbocycles. The molecule has 2 heterocycles. The van der Waals surface area contributed by atoms with E-state index in [0.717, 1.165) is 6.26 Å². The summed E-state index contributed by atoms with van der Waals surface area (Å²) < 4.78 is 30.2. The predicted molar refractivity (Wildman–Crippen MR) is 85.8 cm³/mol. The zero-order valence-electron chi connectivity index (χ0n) is 12.1. The molecule has 0 aliphatic heterocycles. The fourth-order valence-corrected chi connectivity index (χ4v) is 2.91. The van der Waals surface area contributed by atoms with Gasteiger partial charge in [-0.05, 0) is 34.1 Å². The number of nitrogens with zero attached hydrogens (tertiary/aromatic N) is 5. The van der Waals surface area contributed by atoms with Gasteiger partial charge in [-0.3, -0.25) is 0 Å². The third-order valence-electron chi connectivity index (χ3n) is 2.96. The Kier molecular flexibility index (Phi) is 3.68. The summed E-state index contributed by atoms with van der Waals surface area (Å²) in [5.74, 6) is 0.934. The standard InChI is InChI=1S/C12H11BrN6O3S/c1-22-6-3-4-7(8(13)5-6)9-15-11-17-12(23(2,20)21)16-10(14)19(11)18-9/h3-5H,1-2H3,(H2,14,15,16,17,18). The number of halogens is 1. The summed E-state index contributed by atoms with van der Waals surface area (Å²) in [7, 11) is -2.04. The van der Waals surface area contributed by atoms with Gasteiger partial charge < -0.3 is 10.5 Å². The Morgan fingerprint density at radius 2 is 2.00 bits per heavy atom. The largest absolute Gasteiger partial charge is 0.497 e. The van der Waals surface area contributed by atoms with Crippen molar-refractivity contribution in [2.24, 2.45) is 0 Å². The number of hydrogen-bond donors (Lipinski definition) is 1. The van der Waals surface area contributed by atoms with Gasteiger partial charge in [0, 0.05) is 16.3 Å². The average molecular weight is 399 g/mol. The van der Waals surface area contributed by atoms with Crippen LogP contribution >= 0.6 is 15.9 Å². The van der Waals surface area contributed by atoms with Crippen molar-refractivity contribution in [1.82, 2.24) is 24.6 Å². The Morgan fingerprint density at radius 1 is 1.26 bits per heavy atom. The topological polar surface area (TPSA) is 125 Å². The highest BCUT2D eigenvalue weighted by Crippen LogP contribution is 2.29. The molecule has 0 unspecified atom stereocenters. The van der Waals surface area contributed by atoms with Crippen LogP contribution in [0.2, 0.25) is 0 Å². The number of benzene rings is 1. The Bertz CT molecular complexity index is 1020. The van der Waals surface area contributed by atoms with Gasteiger partial charge in [-0.25, -0.2) is 8.42 Å². The minimum Gasteiger partial charge on any atom is -0.497 e. The SMILES string of the molecule is COc1ccc(-c2nc3nc(S(C)(=O)=O)nc(N)n3n2)c(Br)c1. The maximum atomic E-state index is 11.6. The van der Waals surface area contributed by atoms with Gasteiger partial charge in [0.15, 0.2) is 5.82 Å². The van der Waals surface area contributed by atoms with Crippen LogP contribution in [-0.2, 0) is 9.84 Å². The third-order valence-corrected chi connectivity index (χ3v) is 4.46. The molecule has 0 atom stereocenters. The first kappa shape index (κ1) is 15.6. The molecular weight excluding hydrogens is 388 g/mol. The Balaban J connectivity index is 2.19. The van der Waals surface area contributed by atoms with E-state index in [1.807, 2.05) is 0 Å². The van der Waals surface area contributed by atoms with Crippen LogP contribution in [0.4, 0.5) is 5.95 Å². The lowest BCUT2D eigenvalue weighted by molar-refractivity contribution is 0.414. The van der Waals surface area contributed by atoms with Crippen LogP contribution in [0.5, 0.6) is 5.75 Å². The number of fused-ring (bicyclic) bond motifs is 1. The molecule has 0 fully saturated rings. The van der Waals surface area contributed by atoms with Gasteiger partial charge in [0.1, 0.15) is 5.75 Å². The van der Waals surface area contributed by atoms with Gasteiger partial charge in [0.25, 0.3) is 10.9 Å². The summed E-state index contributed by atoms with van der Waals surface area (Å²) in [6, 6.07) is 5.28. The van der Waals surface area contributed by atoms with Crippen LogP contribution < -0.4 is 10.5 Å². The van der Waals surface area contributed by atoms with Crippen LogP contribution in [0.3, 0.4) is 0 Å². The van der Waals surface area contributed by atoms with Crippen molar-refractivity contribution in [2.45, 2.75) is 5.16 Å². The summed E-state index contributed by atoms with van der Waals surface area (Å²) >= 11 is 3.41. The molecule has 2 aromatic heterocycles. The van der Waals surface area contributed by atoms with E-state index < -0.39 is 15.0 Å². The fraction of sp³-hybridized carbons (Fsp3) is 0.167. The molecule has 0 radical (unpaired) electrons. The van der Waals surface area contributed by atoms with E-state index in [4.69, 9.17) is 10.5 Å². The smallest absolute Gasteiger partial charge is 0.258 e. The number of aromatic nitrogens is 5. The van der Waals surface area contributed by atoms with Crippen molar-refractivity contribution in [3.05, 3.63) is 22.7 Å². The minimum absolute atomic E-state index is 0.0515. The lowest BCUT2D eigenvalue weighted by Gasteiger charge is -2.03. The first-order chi connectivity index (χ1) is 10.8. The summed E-state index contributed by atoms with van der Waals surface area (Å²) in [5.41, 5.74) is 6.42. The van der Waals surface area contributed by atoms with E-state index in [2.05, 4.69) is 36.0 Å². The molecule has 0 spiro atoms. The first-order valence-electron chi connectivity index (χ1n) is 6.24. The molecule has 23 heavy (non-hydrogen) atoms. The van der Waals surface area contributed by atoms with Crippen molar-refractivity contribution in [3.8, 4) is 17.1 Å². The molecule has 3 rings (SSSR count). The average Bonchev–Trinajstić information content (AvgIpc) is 2.90. The number of ether oxygens (including phenoxy) is 1. The Morgan fingerprint density at radius 3 is 2.61 bits per heavy atom. The van der Waals surface area contributed by atoms with Crippen molar-refractivity contribution in [3.63, 3.8) is 0 Å². The molecule has 11 heteroatoms. The normalized spacial score (nSPS) is 11.8. The monoisotopic (exact) mass is 398 g/mol. The van der Waals surface area contributed by atoms with Crippen molar-refractivity contribution in [1.29, 1.82) is 0 Å². The van der Waals surface area contributed by atoms with E-state index >= 15 is 0 Å². The van der Waals surface area contributed by atoms with Gasteiger partial charge >= 0.3 is 0 Å². The van der Waals surface area contributed by atoms with E-state index in [-0.39, 0.29) is 11.7 Å². The van der Waals surface area contributed by atoms with Crippen molar-refractivity contribution < 1.29 is 13.2 Å². The molecule has 0 bridgehead atoms. The van der Waals surface area contributed by atoms with Gasteiger partial charge in [-0.1, -0.05) is 0 Å². The van der Waals surface area contributed by atoms with Crippen molar-refractivity contribution in [2.75, 3.05) is 19.1 Å². The van der Waals surface area contributed by atoms with E-state index in [1.165, 1.54) is 4.52 Å². The molecule has 0 aliphatic carbocycles. The lowest BCUT2D eigenvalue weighted by atomic mass is 10.2. The van der Waals surface area contributed by atoms with Gasteiger partial charge in [-0.2, -0.15) is 19.5 Å². The van der Waals surface area contributed by atoms with Crippen molar-refractivity contribution >= 4 is 37.5 Å². The quantitative estimate of drug-likeness (QED) is 0.690. The highest BCUT2D eigenvalue weighted by atomic mass is 79.9. The van der Waals surface area contributed by atoms with Crippen LogP contribution in [-0.4, -0.2) is 46.3 Å². The molecule has 3 aromatic rings. The molecular formula is C12H11BrN6O3S. The third kappa shape index (κ3) is 2.84. The summed E-state index contributed by atoms with van der Waals surface area (Å²) in [5, 5.41) is 3.82. The van der Waals surface area contributed by atoms with Crippen LogP contribution in [0.1, 0.15) is 0 Å². The molecule has 0 amide bonds. The summed E-state index contributed by atoms with van der Waals surface area (Å²) in [6.45, 7) is 0. The highest BCUT2D eigenvalue weighted by Gasteiger charge is 2.18. The number of rotatable bonds is 3. The van der Waals surface area contributed by atoms with E-state index in [0.29, 0.717) is 21.6 Å². The summed E-state index contributed by atoms with van der Waals surface area (Å²) in [6.07, 6.45) is 0.996. The first-order valence-corrected chi connectivity index (χ1v) is 8.92. The maximum absolute atomic E-state index is 11.6. The molecule has 0 aliphatic rings. The zero-order chi connectivity index (χ0) is 16.8. The minimum atomic E-state index is -3.60. The molecule has 9 nitrogen and oxygen atoms in total. The second-order valence-electron chi connectivity index (χ2n) is 4.63. The Labute approximate surface area is 139 Å². The zero-order valence-corrected chi connectivity index (χ0v) is 14.5. The number of sulfone groups is 1. The van der Waals surface area contributed by atoms with Crippen LogP contribution in [0, 0.1) is 0 Å². The van der Waals surface area contributed by atoms with E-state index in [1.54, 1.807) is 25.3 Å². The summed E-state index contributed by atoms with van der Waals surface area (Å²) in [4.78, 5) is 11.8. The second-order valence-corrected chi connectivity index (χ2v) is 7.39. The molecule has 0 saturated heterocycles. The van der Waals surface area contributed by atoms with Gasteiger partial charge in [-0.15, -0.1) is 5.10 Å². The van der Waals surface area contributed by atoms with Gasteiger partial charge in [0.2, 0.25) is 15.8 Å². The predicted octanol–water partition coefficient (Wildman–Crippen LogP) is 0.943. The number of nitrogens with two attached hydrogens (primary N) is 1. The van der Waals surface area contributed by atoms with Crippen LogP contribution in [0.15, 0.2) is 27.8 Å². The number of methoxy groups -OCH3 is 1. The maximum Gasteiger partial charge on any atom is 0.258 e. The second kappa shape index (κ2) is 5.42. The molecule has 2 N–H and O–H groups in total. The highest BCUT2D eigenvalue weighted by molar-refractivity contribution is 9.10. The lowest BCUT2D eigenvalue weighted by Crippen LogP contribution is -2.11. The number of nitrogen functional groups attached to an aromatic ring is 1. The Hall–Kier alpha value is -2.27. The van der Waals surface area contributed by atoms with Crippen LogP contribution in [0.25, 0.3) is 17.2 Å². The molecule has 1 aromatic carbocycles. The number of hydrogen-bond acceptors (Lipinski definition) is 8.